The molecule has 1 atom stereocenters. The molecular weight excluding hydrogens is 151 g/mol. The molecule has 10 heavy (non-hydrogen) atoms. The predicted molar refractivity (Wildman–Crippen MR) is 39.3 cm³/mol. The van der Waals surface area contributed by atoms with Gasteiger partial charge in [-0.25, -0.2) is 4.57 Å². The van der Waals surface area contributed by atoms with Crippen LogP contribution in [-0.4, -0.2) is 19.3 Å². The van der Waals surface area contributed by atoms with Crippen LogP contribution in [0, 0.1) is 0 Å². The summed E-state index contributed by atoms with van der Waals surface area (Å²) in [6.45, 7) is 4.96. The molecule has 0 heterocycles. The number of hydrogen-bond acceptors (Lipinski definition) is 3. The Morgan fingerprint density at radius 1 is 1.50 bits per heavy atom. The van der Waals surface area contributed by atoms with Crippen LogP contribution in [0.25, 0.3) is 0 Å². The van der Waals surface area contributed by atoms with E-state index in [9.17, 15) is 4.57 Å². The van der Waals surface area contributed by atoms with Gasteiger partial charge in [-0.1, -0.05) is 6.92 Å². The molecule has 0 aliphatic heterocycles. The summed E-state index contributed by atoms with van der Waals surface area (Å²) < 4.78 is 19.5. The lowest BCUT2D eigenvalue weighted by Crippen LogP contribution is -2.09. The standard InChI is InChI=1S/C6H13O3P/c1-3-6(2)8-4-5-9-10-7/h6H,3-5H2,1-2H3. The number of rotatable bonds is 6. The van der Waals surface area contributed by atoms with Crippen molar-refractivity contribution in [2.45, 2.75) is 26.4 Å². The maximum Gasteiger partial charge on any atom is 0.327 e. The summed E-state index contributed by atoms with van der Waals surface area (Å²) >= 11 is 0. The summed E-state index contributed by atoms with van der Waals surface area (Å²) in [7, 11) is -0.269. The van der Waals surface area contributed by atoms with Gasteiger partial charge in [-0.3, -0.25) is 4.52 Å². The third-order valence-corrected chi connectivity index (χ3v) is 1.49. The molecule has 1 unspecified atom stereocenters. The van der Waals surface area contributed by atoms with Crippen LogP contribution in [0.1, 0.15) is 20.3 Å². The molecule has 0 amide bonds. The first-order valence-electron chi connectivity index (χ1n) is 3.37. The summed E-state index contributed by atoms with van der Waals surface area (Å²) in [6.07, 6.45) is 1.27. The van der Waals surface area contributed by atoms with Gasteiger partial charge in [0.1, 0.15) is 0 Å². The molecule has 0 aromatic heterocycles. The molecule has 0 bridgehead atoms. The van der Waals surface area contributed by atoms with Crippen LogP contribution < -0.4 is 0 Å². The number of hydrogen-bond donors (Lipinski definition) is 0. The quantitative estimate of drug-likeness (QED) is 0.445. The SMILES string of the molecule is CCC(C)OCCOP=O. The second kappa shape index (κ2) is 7.13. The highest BCUT2D eigenvalue weighted by atomic mass is 31.1. The summed E-state index contributed by atoms with van der Waals surface area (Å²) in [5, 5.41) is 0. The third kappa shape index (κ3) is 6.14. The molecular formula is C6H13O3P. The molecule has 4 heteroatoms. The molecule has 0 aromatic carbocycles. The van der Waals surface area contributed by atoms with E-state index in [0.717, 1.165) is 6.42 Å². The van der Waals surface area contributed by atoms with Crippen LogP contribution in [0.4, 0.5) is 0 Å². The summed E-state index contributed by atoms with van der Waals surface area (Å²) in [4.78, 5) is 0. The van der Waals surface area contributed by atoms with E-state index in [2.05, 4.69) is 11.4 Å². The first kappa shape index (κ1) is 10.0. The van der Waals surface area contributed by atoms with Gasteiger partial charge in [0, 0.05) is 0 Å². The van der Waals surface area contributed by atoms with Gasteiger partial charge in [-0.05, 0) is 13.3 Å². The van der Waals surface area contributed by atoms with Gasteiger partial charge < -0.3 is 4.74 Å². The zero-order valence-electron chi connectivity index (χ0n) is 6.37. The van der Waals surface area contributed by atoms with Crippen molar-refractivity contribution in [1.29, 1.82) is 0 Å². The van der Waals surface area contributed by atoms with E-state index in [1.54, 1.807) is 0 Å². The molecule has 0 aliphatic carbocycles. The fourth-order valence-electron chi connectivity index (χ4n) is 0.442. The monoisotopic (exact) mass is 164 g/mol. The smallest absolute Gasteiger partial charge is 0.327 e. The Morgan fingerprint density at radius 3 is 2.70 bits per heavy atom. The average molecular weight is 164 g/mol. The Morgan fingerprint density at radius 2 is 2.20 bits per heavy atom. The fourth-order valence-corrected chi connectivity index (χ4v) is 0.591. The highest BCUT2D eigenvalue weighted by molar-refractivity contribution is 7.17. The number of ether oxygens (including phenoxy) is 1. The zero-order valence-corrected chi connectivity index (χ0v) is 7.27. The lowest BCUT2D eigenvalue weighted by molar-refractivity contribution is 0.0451. The van der Waals surface area contributed by atoms with Gasteiger partial charge in [0.25, 0.3) is 0 Å². The predicted octanol–water partition coefficient (Wildman–Crippen LogP) is 2.02. The van der Waals surface area contributed by atoms with E-state index in [1.165, 1.54) is 0 Å². The molecule has 0 aromatic rings. The van der Waals surface area contributed by atoms with Crippen LogP contribution in [0.5, 0.6) is 0 Å². The van der Waals surface area contributed by atoms with Gasteiger partial charge in [-0.15, -0.1) is 0 Å². The highest BCUT2D eigenvalue weighted by Gasteiger charge is 1.96. The van der Waals surface area contributed by atoms with Crippen molar-refractivity contribution < 1.29 is 13.8 Å². The largest absolute Gasteiger partial charge is 0.376 e. The van der Waals surface area contributed by atoms with Crippen molar-refractivity contribution in [2.24, 2.45) is 0 Å². The summed E-state index contributed by atoms with van der Waals surface area (Å²) in [5.41, 5.74) is 0. The third-order valence-electron chi connectivity index (χ3n) is 1.20. The molecule has 0 radical (unpaired) electrons. The van der Waals surface area contributed by atoms with E-state index in [-0.39, 0.29) is 14.8 Å². The van der Waals surface area contributed by atoms with Crippen LogP contribution in [0.3, 0.4) is 0 Å². The maximum atomic E-state index is 9.74. The second-order valence-electron chi connectivity index (χ2n) is 2.00. The van der Waals surface area contributed by atoms with Gasteiger partial charge in [-0.2, -0.15) is 0 Å². The molecule has 0 fully saturated rings. The van der Waals surface area contributed by atoms with Crippen molar-refractivity contribution in [3.63, 3.8) is 0 Å². The molecule has 0 spiro atoms. The van der Waals surface area contributed by atoms with Gasteiger partial charge in [0.2, 0.25) is 0 Å². The molecule has 0 saturated carbocycles. The van der Waals surface area contributed by atoms with E-state index in [0.29, 0.717) is 13.2 Å². The minimum atomic E-state index is -0.269. The molecule has 60 valence electrons. The molecule has 0 N–H and O–H groups in total. The first-order chi connectivity index (χ1) is 4.81. The van der Waals surface area contributed by atoms with Gasteiger partial charge in [0.15, 0.2) is 0 Å². The highest BCUT2D eigenvalue weighted by Crippen LogP contribution is 1.97. The lowest BCUT2D eigenvalue weighted by Gasteiger charge is -2.08. The van der Waals surface area contributed by atoms with Crippen LogP contribution in [-0.2, 0) is 13.8 Å². The van der Waals surface area contributed by atoms with Crippen molar-refractivity contribution in [1.82, 2.24) is 0 Å². The van der Waals surface area contributed by atoms with E-state index in [4.69, 9.17) is 4.74 Å². The Bertz CT molecular complexity index is 87.1. The lowest BCUT2D eigenvalue weighted by atomic mass is 10.3. The molecule has 0 saturated heterocycles. The average Bonchev–Trinajstić information content (AvgIpc) is 1.98. The van der Waals surface area contributed by atoms with Crippen molar-refractivity contribution in [2.75, 3.05) is 13.2 Å². The van der Waals surface area contributed by atoms with Gasteiger partial charge in [0.05, 0.1) is 19.3 Å². The summed E-state index contributed by atoms with van der Waals surface area (Å²) in [6, 6.07) is 0. The summed E-state index contributed by atoms with van der Waals surface area (Å²) in [5.74, 6) is 0. The minimum absolute atomic E-state index is 0.269. The fraction of sp³-hybridized carbons (Fsp3) is 1.00. The van der Waals surface area contributed by atoms with Crippen molar-refractivity contribution in [3.8, 4) is 0 Å². The Hall–Kier alpha value is 0.0200. The Balaban J connectivity index is 2.95. The minimum Gasteiger partial charge on any atom is -0.376 e. The van der Waals surface area contributed by atoms with Crippen LogP contribution in [0.15, 0.2) is 0 Å². The molecule has 3 nitrogen and oxygen atoms in total. The Kier molecular flexibility index (Phi) is 7.15. The molecule has 0 aliphatic rings. The van der Waals surface area contributed by atoms with E-state index in [1.807, 2.05) is 6.92 Å². The van der Waals surface area contributed by atoms with Gasteiger partial charge >= 0.3 is 8.69 Å². The first-order valence-corrected chi connectivity index (χ1v) is 4.10. The van der Waals surface area contributed by atoms with Crippen molar-refractivity contribution >= 4 is 8.69 Å². The Labute approximate surface area is 63.0 Å². The van der Waals surface area contributed by atoms with E-state index < -0.39 is 0 Å². The topological polar surface area (TPSA) is 35.5 Å². The van der Waals surface area contributed by atoms with Crippen molar-refractivity contribution in [3.05, 3.63) is 0 Å². The normalized spacial score (nSPS) is 13.8. The maximum absolute atomic E-state index is 9.74. The second-order valence-corrected chi connectivity index (χ2v) is 2.40. The van der Waals surface area contributed by atoms with Crippen LogP contribution >= 0.6 is 8.69 Å². The zero-order chi connectivity index (χ0) is 7.82. The van der Waals surface area contributed by atoms with E-state index >= 15 is 0 Å². The molecule has 0 rings (SSSR count). The van der Waals surface area contributed by atoms with Crippen LogP contribution in [0.2, 0.25) is 0 Å².